The van der Waals surface area contributed by atoms with Gasteiger partial charge >= 0.3 is 0 Å². The summed E-state index contributed by atoms with van der Waals surface area (Å²) in [6.07, 6.45) is 0. The Balaban J connectivity index is 0.00000200. The molecular weight excluding hydrogens is 315 g/mol. The summed E-state index contributed by atoms with van der Waals surface area (Å²) in [7, 11) is 0. The molecule has 1 aromatic carbocycles. The molecule has 0 aliphatic carbocycles. The zero-order valence-corrected chi connectivity index (χ0v) is 13.9. The quantitative estimate of drug-likeness (QED) is 0.918. The number of halogens is 2. The maximum atomic E-state index is 12.1. The summed E-state index contributed by atoms with van der Waals surface area (Å²) in [6, 6.07) is 8.10. The highest BCUT2D eigenvalue weighted by molar-refractivity contribution is 7.99. The maximum absolute atomic E-state index is 12.1. The van der Waals surface area contributed by atoms with Crippen LogP contribution in [0.3, 0.4) is 0 Å². The van der Waals surface area contributed by atoms with E-state index >= 15 is 0 Å². The number of piperazine rings is 1. The van der Waals surface area contributed by atoms with Crippen molar-refractivity contribution in [3.05, 3.63) is 34.9 Å². The molecule has 1 unspecified atom stereocenters. The largest absolute Gasteiger partial charge is 0.337 e. The van der Waals surface area contributed by atoms with Gasteiger partial charge in [-0.25, -0.2) is 0 Å². The number of hydrogen-bond acceptors (Lipinski definition) is 3. The van der Waals surface area contributed by atoms with Crippen LogP contribution in [0.1, 0.15) is 12.5 Å². The van der Waals surface area contributed by atoms with Gasteiger partial charge in [-0.05, 0) is 24.6 Å². The molecule has 0 bridgehead atoms. The average molecular weight is 335 g/mol. The van der Waals surface area contributed by atoms with Crippen molar-refractivity contribution in [2.45, 2.75) is 18.7 Å². The van der Waals surface area contributed by atoms with Gasteiger partial charge in [0.1, 0.15) is 0 Å². The van der Waals surface area contributed by atoms with E-state index in [2.05, 4.69) is 12.2 Å². The van der Waals surface area contributed by atoms with Crippen LogP contribution in [0, 0.1) is 0 Å². The van der Waals surface area contributed by atoms with Crippen LogP contribution < -0.4 is 5.32 Å². The number of amides is 1. The van der Waals surface area contributed by atoms with E-state index in [9.17, 15) is 4.79 Å². The Kier molecular flexibility index (Phi) is 7.74. The molecule has 1 aliphatic rings. The Morgan fingerprint density at radius 3 is 3.05 bits per heavy atom. The van der Waals surface area contributed by atoms with Crippen molar-refractivity contribution in [3.8, 4) is 0 Å². The molecule has 1 heterocycles. The lowest BCUT2D eigenvalue weighted by atomic mass is 10.2. The fraction of sp³-hybridized carbons (Fsp3) is 0.500. The highest BCUT2D eigenvalue weighted by Crippen LogP contribution is 2.17. The third-order valence-electron chi connectivity index (χ3n) is 3.20. The van der Waals surface area contributed by atoms with E-state index < -0.39 is 0 Å². The number of hydrogen-bond donors (Lipinski definition) is 1. The number of benzene rings is 1. The third kappa shape index (κ3) is 5.17. The molecule has 1 N–H and O–H groups in total. The lowest BCUT2D eigenvalue weighted by Crippen LogP contribution is -2.52. The lowest BCUT2D eigenvalue weighted by Gasteiger charge is -2.34. The molecule has 0 spiro atoms. The Hall–Kier alpha value is -0.420. The molecule has 112 valence electrons. The summed E-state index contributed by atoms with van der Waals surface area (Å²) in [5, 5.41) is 4.04. The van der Waals surface area contributed by atoms with Gasteiger partial charge in [-0.15, -0.1) is 24.2 Å². The summed E-state index contributed by atoms with van der Waals surface area (Å²) in [6.45, 7) is 4.70. The van der Waals surface area contributed by atoms with Gasteiger partial charge in [-0.1, -0.05) is 23.7 Å². The van der Waals surface area contributed by atoms with Crippen molar-refractivity contribution in [1.29, 1.82) is 0 Å². The highest BCUT2D eigenvalue weighted by Gasteiger charge is 2.22. The maximum Gasteiger partial charge on any atom is 0.232 e. The minimum absolute atomic E-state index is 0. The van der Waals surface area contributed by atoms with E-state index in [1.54, 1.807) is 11.8 Å². The van der Waals surface area contributed by atoms with E-state index in [-0.39, 0.29) is 18.3 Å². The van der Waals surface area contributed by atoms with E-state index in [0.29, 0.717) is 11.8 Å². The summed E-state index contributed by atoms with van der Waals surface area (Å²) in [5.41, 5.74) is 1.17. The predicted octanol–water partition coefficient (Wildman–Crippen LogP) is 2.82. The minimum atomic E-state index is 0. The van der Waals surface area contributed by atoms with Gasteiger partial charge in [-0.2, -0.15) is 0 Å². The van der Waals surface area contributed by atoms with Crippen LogP contribution in [-0.4, -0.2) is 42.2 Å². The molecule has 1 amide bonds. The Morgan fingerprint density at radius 2 is 2.35 bits per heavy atom. The molecule has 0 saturated carbocycles. The third-order valence-corrected chi connectivity index (χ3v) is 4.43. The highest BCUT2D eigenvalue weighted by atomic mass is 35.5. The van der Waals surface area contributed by atoms with Crippen molar-refractivity contribution in [2.24, 2.45) is 0 Å². The summed E-state index contributed by atoms with van der Waals surface area (Å²) < 4.78 is 0. The van der Waals surface area contributed by atoms with Crippen LogP contribution in [0.4, 0.5) is 0 Å². The second kappa shape index (κ2) is 8.78. The van der Waals surface area contributed by atoms with Gasteiger partial charge in [0, 0.05) is 36.5 Å². The standard InChI is InChI=1S/C14H19ClN2OS.ClH/c1-11-8-16-5-6-17(11)14(18)10-19-9-12-3-2-4-13(15)7-12;/h2-4,7,11,16H,5-6,8-10H2,1H3;1H. The normalized spacial score (nSPS) is 18.5. The Morgan fingerprint density at radius 1 is 1.55 bits per heavy atom. The van der Waals surface area contributed by atoms with Gasteiger partial charge in [-0.3, -0.25) is 4.79 Å². The molecule has 0 radical (unpaired) electrons. The van der Waals surface area contributed by atoms with Crippen LogP contribution in [0.25, 0.3) is 0 Å². The number of nitrogens with zero attached hydrogens (tertiary/aromatic N) is 1. The molecule has 3 nitrogen and oxygen atoms in total. The van der Waals surface area contributed by atoms with E-state index in [0.717, 1.165) is 30.4 Å². The summed E-state index contributed by atoms with van der Waals surface area (Å²) in [5.74, 6) is 1.60. The first-order valence-electron chi connectivity index (χ1n) is 6.49. The zero-order valence-electron chi connectivity index (χ0n) is 11.5. The molecule has 0 aromatic heterocycles. The predicted molar refractivity (Wildman–Crippen MR) is 88.9 cm³/mol. The fourth-order valence-corrected chi connectivity index (χ4v) is 3.25. The molecule has 6 heteroatoms. The molecule has 1 atom stereocenters. The number of carbonyl (C=O) groups excluding carboxylic acids is 1. The second-order valence-corrected chi connectivity index (χ2v) is 6.19. The number of rotatable bonds is 4. The Labute approximate surface area is 135 Å². The van der Waals surface area contributed by atoms with Gasteiger partial charge in [0.15, 0.2) is 0 Å². The molecule has 1 aromatic rings. The van der Waals surface area contributed by atoms with Gasteiger partial charge in [0.05, 0.1) is 5.75 Å². The minimum Gasteiger partial charge on any atom is -0.337 e. The van der Waals surface area contributed by atoms with Crippen molar-refractivity contribution in [1.82, 2.24) is 10.2 Å². The monoisotopic (exact) mass is 334 g/mol. The van der Waals surface area contributed by atoms with Gasteiger partial charge in [0.2, 0.25) is 5.91 Å². The Bertz CT molecular complexity index is 445. The van der Waals surface area contributed by atoms with Crippen LogP contribution in [0.5, 0.6) is 0 Å². The van der Waals surface area contributed by atoms with E-state index in [1.807, 2.05) is 29.2 Å². The van der Waals surface area contributed by atoms with Gasteiger partial charge < -0.3 is 10.2 Å². The van der Waals surface area contributed by atoms with Crippen LogP contribution >= 0.6 is 35.8 Å². The summed E-state index contributed by atoms with van der Waals surface area (Å²) >= 11 is 7.58. The van der Waals surface area contributed by atoms with Gasteiger partial charge in [0.25, 0.3) is 0 Å². The van der Waals surface area contributed by atoms with Crippen LogP contribution in [0.2, 0.25) is 5.02 Å². The smallest absolute Gasteiger partial charge is 0.232 e. The van der Waals surface area contributed by atoms with Crippen molar-refractivity contribution in [2.75, 3.05) is 25.4 Å². The fourth-order valence-electron chi connectivity index (χ4n) is 2.18. The average Bonchev–Trinajstić information content (AvgIpc) is 2.39. The van der Waals surface area contributed by atoms with Crippen LogP contribution in [0.15, 0.2) is 24.3 Å². The second-order valence-electron chi connectivity index (χ2n) is 4.76. The molecule has 20 heavy (non-hydrogen) atoms. The van der Waals surface area contributed by atoms with E-state index in [1.165, 1.54) is 5.56 Å². The van der Waals surface area contributed by atoms with E-state index in [4.69, 9.17) is 11.6 Å². The van der Waals surface area contributed by atoms with Crippen molar-refractivity contribution < 1.29 is 4.79 Å². The number of carbonyl (C=O) groups is 1. The first kappa shape index (κ1) is 17.6. The number of thioether (sulfide) groups is 1. The number of nitrogens with one attached hydrogen (secondary N) is 1. The topological polar surface area (TPSA) is 32.3 Å². The van der Waals surface area contributed by atoms with Crippen molar-refractivity contribution in [3.63, 3.8) is 0 Å². The van der Waals surface area contributed by atoms with Crippen molar-refractivity contribution >= 4 is 41.7 Å². The zero-order chi connectivity index (χ0) is 13.7. The molecule has 1 fully saturated rings. The molecule has 1 saturated heterocycles. The SMILES string of the molecule is CC1CNCCN1C(=O)CSCc1cccc(Cl)c1.Cl. The van der Waals surface area contributed by atoms with Crippen LogP contribution in [-0.2, 0) is 10.5 Å². The molecule has 2 rings (SSSR count). The summed E-state index contributed by atoms with van der Waals surface area (Å²) in [4.78, 5) is 14.1. The first-order chi connectivity index (χ1) is 9.16. The molecular formula is C14H20Cl2N2OS. The lowest BCUT2D eigenvalue weighted by molar-refractivity contribution is -0.131. The molecule has 1 aliphatic heterocycles. The first-order valence-corrected chi connectivity index (χ1v) is 8.02.